The number of carbonyl (C=O) groups excluding carboxylic acids is 1. The molecule has 6 nitrogen and oxygen atoms in total. The molecule has 2 rings (SSSR count). The molecule has 0 aliphatic heterocycles. The fourth-order valence-corrected chi connectivity index (χ4v) is 2.63. The van der Waals surface area contributed by atoms with Crippen LogP contribution in [0.1, 0.15) is 31.4 Å². The van der Waals surface area contributed by atoms with E-state index in [0.29, 0.717) is 42.1 Å². The third-order valence-corrected chi connectivity index (χ3v) is 4.35. The van der Waals surface area contributed by atoms with Gasteiger partial charge in [-0.05, 0) is 54.7 Å². The van der Waals surface area contributed by atoms with Crippen molar-refractivity contribution in [3.8, 4) is 23.0 Å². The molecule has 0 aliphatic rings. The van der Waals surface area contributed by atoms with Gasteiger partial charge in [0.2, 0.25) is 0 Å². The van der Waals surface area contributed by atoms with Gasteiger partial charge in [-0.25, -0.2) is 0 Å². The molecule has 2 aromatic rings. The Morgan fingerprint density at radius 2 is 1.59 bits per heavy atom. The van der Waals surface area contributed by atoms with Crippen molar-refractivity contribution in [3.63, 3.8) is 0 Å². The molecule has 0 aromatic heterocycles. The molecule has 0 heterocycles. The molecule has 0 spiro atoms. The minimum atomic E-state index is -0.219. The Balaban J connectivity index is 1.86. The molecule has 0 radical (unpaired) electrons. The fourth-order valence-electron chi connectivity index (χ4n) is 2.63. The zero-order valence-electron chi connectivity index (χ0n) is 17.9. The number of amides is 1. The number of aryl methyl sites for hydroxylation is 1. The number of hydrogen-bond acceptors (Lipinski definition) is 5. The monoisotopic (exact) mass is 401 g/mol. The summed E-state index contributed by atoms with van der Waals surface area (Å²) in [5.41, 5.74) is 1.98. The molecule has 1 amide bonds. The van der Waals surface area contributed by atoms with Crippen LogP contribution in [0.4, 0.5) is 0 Å². The molecule has 29 heavy (non-hydrogen) atoms. The van der Waals surface area contributed by atoms with E-state index in [1.54, 1.807) is 20.3 Å². The number of ether oxygens (including phenoxy) is 4. The summed E-state index contributed by atoms with van der Waals surface area (Å²) in [7, 11) is 3.18. The molecule has 0 fully saturated rings. The van der Waals surface area contributed by atoms with Crippen LogP contribution >= 0.6 is 0 Å². The third-order valence-electron chi connectivity index (χ3n) is 4.35. The SMILES string of the molecule is COc1cc(CNC(=O)COc2ccc(C)cc2OC)ccc1OCCC(C)C. The zero-order valence-corrected chi connectivity index (χ0v) is 17.9. The Morgan fingerprint density at radius 3 is 2.28 bits per heavy atom. The summed E-state index contributed by atoms with van der Waals surface area (Å²) < 4.78 is 22.1. The van der Waals surface area contributed by atoms with Crippen LogP contribution in [-0.4, -0.2) is 33.3 Å². The van der Waals surface area contributed by atoms with Crippen LogP contribution in [0, 0.1) is 12.8 Å². The maximum atomic E-state index is 12.1. The van der Waals surface area contributed by atoms with Gasteiger partial charge in [0.1, 0.15) is 0 Å². The van der Waals surface area contributed by atoms with Crippen molar-refractivity contribution in [2.75, 3.05) is 27.4 Å². The molecular weight excluding hydrogens is 370 g/mol. The minimum absolute atomic E-state index is 0.0903. The van der Waals surface area contributed by atoms with E-state index in [1.807, 2.05) is 37.3 Å². The van der Waals surface area contributed by atoms with Gasteiger partial charge in [0, 0.05) is 6.54 Å². The number of nitrogens with one attached hydrogen (secondary N) is 1. The summed E-state index contributed by atoms with van der Waals surface area (Å²) in [6.45, 7) is 7.21. The van der Waals surface area contributed by atoms with E-state index in [1.165, 1.54) is 0 Å². The average Bonchev–Trinajstić information content (AvgIpc) is 2.71. The van der Waals surface area contributed by atoms with Crippen LogP contribution in [0.25, 0.3) is 0 Å². The van der Waals surface area contributed by atoms with E-state index in [0.717, 1.165) is 17.5 Å². The van der Waals surface area contributed by atoms with Crippen molar-refractivity contribution in [1.29, 1.82) is 0 Å². The van der Waals surface area contributed by atoms with Gasteiger partial charge in [0.25, 0.3) is 5.91 Å². The highest BCUT2D eigenvalue weighted by Gasteiger charge is 2.10. The highest BCUT2D eigenvalue weighted by atomic mass is 16.5. The second-order valence-electron chi connectivity index (χ2n) is 7.24. The Morgan fingerprint density at radius 1 is 0.931 bits per heavy atom. The predicted octanol–water partition coefficient (Wildman–Crippen LogP) is 4.13. The first-order chi connectivity index (χ1) is 13.9. The zero-order chi connectivity index (χ0) is 21.2. The lowest BCUT2D eigenvalue weighted by molar-refractivity contribution is -0.123. The highest BCUT2D eigenvalue weighted by molar-refractivity contribution is 5.77. The molecule has 0 saturated heterocycles. The second kappa shape index (κ2) is 11.2. The maximum absolute atomic E-state index is 12.1. The third kappa shape index (κ3) is 7.22. The van der Waals surface area contributed by atoms with E-state index >= 15 is 0 Å². The van der Waals surface area contributed by atoms with Gasteiger partial charge in [-0.3, -0.25) is 4.79 Å². The molecular formula is C23H31NO5. The molecule has 0 aliphatic carbocycles. The average molecular weight is 402 g/mol. The molecule has 0 bridgehead atoms. The van der Waals surface area contributed by atoms with Gasteiger partial charge in [-0.2, -0.15) is 0 Å². The van der Waals surface area contributed by atoms with E-state index < -0.39 is 0 Å². The van der Waals surface area contributed by atoms with Crippen molar-refractivity contribution in [2.24, 2.45) is 5.92 Å². The van der Waals surface area contributed by atoms with Crippen molar-refractivity contribution < 1.29 is 23.7 Å². The Kier molecular flexibility index (Phi) is 8.65. The van der Waals surface area contributed by atoms with E-state index in [4.69, 9.17) is 18.9 Å². The van der Waals surface area contributed by atoms with Crippen LogP contribution in [0.2, 0.25) is 0 Å². The molecule has 6 heteroatoms. The Bertz CT molecular complexity index is 804. The summed E-state index contributed by atoms with van der Waals surface area (Å²) in [5, 5.41) is 2.85. The van der Waals surface area contributed by atoms with Gasteiger partial charge >= 0.3 is 0 Å². The van der Waals surface area contributed by atoms with E-state index in [9.17, 15) is 4.79 Å². The molecule has 2 aromatic carbocycles. The molecule has 0 saturated carbocycles. The van der Waals surface area contributed by atoms with E-state index in [-0.39, 0.29) is 12.5 Å². The van der Waals surface area contributed by atoms with Gasteiger partial charge in [-0.15, -0.1) is 0 Å². The minimum Gasteiger partial charge on any atom is -0.493 e. The van der Waals surface area contributed by atoms with Crippen molar-refractivity contribution in [3.05, 3.63) is 47.5 Å². The molecule has 1 N–H and O–H groups in total. The lowest BCUT2D eigenvalue weighted by atomic mass is 10.1. The Hall–Kier alpha value is -2.89. The molecule has 158 valence electrons. The molecule has 0 unspecified atom stereocenters. The lowest BCUT2D eigenvalue weighted by Gasteiger charge is -2.14. The summed E-state index contributed by atoms with van der Waals surface area (Å²) in [4.78, 5) is 12.1. The fraction of sp³-hybridized carbons (Fsp3) is 0.435. The predicted molar refractivity (Wildman–Crippen MR) is 113 cm³/mol. The second-order valence-corrected chi connectivity index (χ2v) is 7.24. The van der Waals surface area contributed by atoms with Gasteiger partial charge < -0.3 is 24.3 Å². The van der Waals surface area contributed by atoms with Gasteiger partial charge in [-0.1, -0.05) is 26.0 Å². The van der Waals surface area contributed by atoms with Crippen LogP contribution in [-0.2, 0) is 11.3 Å². The summed E-state index contributed by atoms with van der Waals surface area (Å²) >= 11 is 0. The summed E-state index contributed by atoms with van der Waals surface area (Å²) in [6.07, 6.45) is 0.979. The summed E-state index contributed by atoms with van der Waals surface area (Å²) in [5.74, 6) is 2.87. The first-order valence-electron chi connectivity index (χ1n) is 9.76. The normalized spacial score (nSPS) is 10.6. The van der Waals surface area contributed by atoms with Crippen molar-refractivity contribution in [1.82, 2.24) is 5.32 Å². The number of benzene rings is 2. The van der Waals surface area contributed by atoms with Crippen molar-refractivity contribution >= 4 is 5.91 Å². The van der Waals surface area contributed by atoms with E-state index in [2.05, 4.69) is 19.2 Å². The smallest absolute Gasteiger partial charge is 0.258 e. The number of hydrogen-bond donors (Lipinski definition) is 1. The number of carbonyl (C=O) groups is 1. The first kappa shape index (κ1) is 22.4. The van der Waals surface area contributed by atoms with Crippen LogP contribution < -0.4 is 24.3 Å². The quantitative estimate of drug-likeness (QED) is 0.613. The van der Waals surface area contributed by atoms with Gasteiger partial charge in [0.05, 0.1) is 20.8 Å². The number of rotatable bonds is 11. The van der Waals surface area contributed by atoms with Crippen LogP contribution in [0.15, 0.2) is 36.4 Å². The van der Waals surface area contributed by atoms with Crippen LogP contribution in [0.5, 0.6) is 23.0 Å². The lowest BCUT2D eigenvalue weighted by Crippen LogP contribution is -2.28. The Labute approximate surface area is 173 Å². The maximum Gasteiger partial charge on any atom is 0.258 e. The first-order valence-corrected chi connectivity index (χ1v) is 9.76. The van der Waals surface area contributed by atoms with Crippen molar-refractivity contribution in [2.45, 2.75) is 33.7 Å². The van der Waals surface area contributed by atoms with Gasteiger partial charge in [0.15, 0.2) is 29.6 Å². The standard InChI is InChI=1S/C23H31NO5/c1-16(2)10-11-28-19-9-7-18(13-22(19)27-5)14-24-23(25)15-29-20-8-6-17(3)12-21(20)26-4/h6-9,12-13,16H,10-11,14-15H2,1-5H3,(H,24,25). The topological polar surface area (TPSA) is 66.0 Å². The van der Waals surface area contributed by atoms with Crippen LogP contribution in [0.3, 0.4) is 0 Å². The highest BCUT2D eigenvalue weighted by Crippen LogP contribution is 2.29. The number of methoxy groups -OCH3 is 2. The summed E-state index contributed by atoms with van der Waals surface area (Å²) in [6, 6.07) is 11.2. The largest absolute Gasteiger partial charge is 0.493 e. The molecule has 0 atom stereocenters.